The predicted molar refractivity (Wildman–Crippen MR) is 153 cm³/mol. The van der Waals surface area contributed by atoms with Crippen LogP contribution in [0, 0.1) is 6.92 Å². The summed E-state index contributed by atoms with van der Waals surface area (Å²) in [6.45, 7) is 14.7. The first kappa shape index (κ1) is 26.5. The van der Waals surface area contributed by atoms with Gasteiger partial charge in [-0.3, -0.25) is 4.90 Å². The Morgan fingerprint density at radius 1 is 1.26 bits per heavy atom. The summed E-state index contributed by atoms with van der Waals surface area (Å²) in [4.78, 5) is 11.0. The van der Waals surface area contributed by atoms with Gasteiger partial charge in [-0.1, -0.05) is 6.58 Å². The molecule has 0 radical (unpaired) electrons. The van der Waals surface area contributed by atoms with Crippen molar-refractivity contribution in [3.8, 4) is 11.5 Å². The molecule has 1 saturated heterocycles. The Morgan fingerprint density at radius 3 is 2.85 bits per heavy atom. The number of pyridine rings is 1. The topological polar surface area (TPSA) is 102 Å². The Labute approximate surface area is 228 Å². The number of nitrogens with zero attached hydrogens (tertiary/aromatic N) is 3. The second-order valence-corrected chi connectivity index (χ2v) is 9.75. The van der Waals surface area contributed by atoms with Gasteiger partial charge in [-0.15, -0.1) is 0 Å². The predicted octanol–water partition coefficient (Wildman–Crippen LogP) is 5.80. The number of benzene rings is 1. The number of aromatic nitrogens is 1. The highest BCUT2D eigenvalue weighted by atomic mass is 16.5. The monoisotopic (exact) mass is 530 g/mol. The Balaban J connectivity index is 1.37. The fourth-order valence-corrected chi connectivity index (χ4v) is 4.52. The van der Waals surface area contributed by atoms with Gasteiger partial charge in [0, 0.05) is 48.9 Å². The largest absolute Gasteiger partial charge is 0.504 e. The highest BCUT2D eigenvalue weighted by Crippen LogP contribution is 2.43. The van der Waals surface area contributed by atoms with Gasteiger partial charge in [0.05, 0.1) is 19.3 Å². The van der Waals surface area contributed by atoms with Gasteiger partial charge >= 0.3 is 0 Å². The van der Waals surface area contributed by atoms with E-state index in [1.807, 2.05) is 51.1 Å². The average Bonchev–Trinajstić information content (AvgIpc) is 3.46. The van der Waals surface area contributed by atoms with Crippen LogP contribution in [0.4, 0.5) is 17.4 Å². The fraction of sp³-hybridized carbons (Fsp3) is 0.333. The van der Waals surface area contributed by atoms with Crippen molar-refractivity contribution in [2.75, 3.05) is 44.8 Å². The van der Waals surface area contributed by atoms with Crippen LogP contribution < -0.4 is 10.1 Å². The molecule has 9 nitrogen and oxygen atoms in total. The SMILES string of the molecule is C=C(OC(C)C)c1c(Nc2ccc(OCCN3CCOCC3)cc2C)oc(C=C2C=Nc3ncccc32)c1O. The number of aromatic hydroxyl groups is 1. The molecule has 0 atom stereocenters. The van der Waals surface area contributed by atoms with Gasteiger partial charge in [-0.05, 0) is 62.7 Å². The zero-order chi connectivity index (χ0) is 27.4. The summed E-state index contributed by atoms with van der Waals surface area (Å²) in [7, 11) is 0. The summed E-state index contributed by atoms with van der Waals surface area (Å²) in [5.41, 5.74) is 3.77. The Bertz CT molecular complexity index is 1400. The number of furan rings is 1. The summed E-state index contributed by atoms with van der Waals surface area (Å²) in [5.74, 6) is 2.25. The molecule has 0 bridgehead atoms. The standard InChI is InChI=1S/C30H34N4O5/c1-19(2)38-21(4)27-28(35)26(17-22-18-32-29-24(22)6-5-9-31-29)39-30(27)33-25-8-7-23(16-20(25)3)37-15-12-34-10-13-36-14-11-34/h5-9,16-19,33,35H,4,10-15H2,1-3H3. The lowest BCUT2D eigenvalue weighted by atomic mass is 10.1. The maximum absolute atomic E-state index is 11.2. The summed E-state index contributed by atoms with van der Waals surface area (Å²) >= 11 is 0. The van der Waals surface area contributed by atoms with E-state index in [-0.39, 0.29) is 17.6 Å². The van der Waals surface area contributed by atoms with Crippen molar-refractivity contribution >= 4 is 41.0 Å². The van der Waals surface area contributed by atoms with E-state index in [0.29, 0.717) is 29.6 Å². The zero-order valence-corrected chi connectivity index (χ0v) is 22.6. The molecule has 2 aromatic heterocycles. The Kier molecular flexibility index (Phi) is 7.99. The minimum absolute atomic E-state index is 0.0675. The van der Waals surface area contributed by atoms with Crippen LogP contribution >= 0.6 is 0 Å². The number of nitrogens with one attached hydrogen (secondary N) is 1. The van der Waals surface area contributed by atoms with E-state index in [1.54, 1.807) is 18.5 Å². The third-order valence-electron chi connectivity index (χ3n) is 6.50. The van der Waals surface area contributed by atoms with Crippen LogP contribution in [0.1, 0.15) is 36.3 Å². The molecular weight excluding hydrogens is 496 g/mol. The summed E-state index contributed by atoms with van der Waals surface area (Å²) < 4.78 is 23.4. The molecule has 0 unspecified atom stereocenters. The summed E-state index contributed by atoms with van der Waals surface area (Å²) in [5, 5.41) is 14.5. The van der Waals surface area contributed by atoms with Crippen LogP contribution in [-0.2, 0) is 9.47 Å². The molecule has 1 aromatic carbocycles. The first-order valence-electron chi connectivity index (χ1n) is 13.1. The van der Waals surface area contributed by atoms with Crippen LogP contribution in [0.2, 0.25) is 0 Å². The zero-order valence-electron chi connectivity index (χ0n) is 22.6. The lowest BCUT2D eigenvalue weighted by Crippen LogP contribution is -2.38. The normalized spacial score (nSPS) is 16.1. The average molecular weight is 531 g/mol. The van der Waals surface area contributed by atoms with Crippen LogP contribution in [0.5, 0.6) is 11.5 Å². The summed E-state index contributed by atoms with van der Waals surface area (Å²) in [6, 6.07) is 9.59. The number of aliphatic imine (C=N–C) groups is 1. The molecule has 1 fully saturated rings. The van der Waals surface area contributed by atoms with Gasteiger partial charge in [0.15, 0.2) is 17.3 Å². The van der Waals surface area contributed by atoms with Crippen molar-refractivity contribution in [3.05, 3.63) is 65.6 Å². The number of hydrogen-bond acceptors (Lipinski definition) is 9. The van der Waals surface area contributed by atoms with Gasteiger partial charge in [-0.2, -0.15) is 0 Å². The van der Waals surface area contributed by atoms with Crippen molar-refractivity contribution in [3.63, 3.8) is 0 Å². The van der Waals surface area contributed by atoms with E-state index < -0.39 is 0 Å². The molecule has 0 spiro atoms. The maximum atomic E-state index is 11.2. The van der Waals surface area contributed by atoms with E-state index in [0.717, 1.165) is 61.0 Å². The number of fused-ring (bicyclic) bond motifs is 1. The van der Waals surface area contributed by atoms with Crippen LogP contribution in [0.25, 0.3) is 17.4 Å². The lowest BCUT2D eigenvalue weighted by Gasteiger charge is -2.26. The first-order chi connectivity index (χ1) is 18.9. The molecule has 0 amide bonds. The molecule has 4 heterocycles. The van der Waals surface area contributed by atoms with Crippen molar-refractivity contribution in [1.29, 1.82) is 0 Å². The Hall–Kier alpha value is -4.08. The van der Waals surface area contributed by atoms with Crippen molar-refractivity contribution < 1.29 is 23.7 Å². The molecule has 9 heteroatoms. The minimum Gasteiger partial charge on any atom is -0.504 e. The number of ether oxygens (including phenoxy) is 3. The smallest absolute Gasteiger partial charge is 0.213 e. The molecule has 2 aliphatic heterocycles. The highest BCUT2D eigenvalue weighted by Gasteiger charge is 2.25. The fourth-order valence-electron chi connectivity index (χ4n) is 4.52. The number of rotatable bonds is 10. The molecule has 2 N–H and O–H groups in total. The highest BCUT2D eigenvalue weighted by molar-refractivity contribution is 6.21. The minimum atomic E-state index is -0.128. The molecular formula is C30H34N4O5. The molecule has 204 valence electrons. The van der Waals surface area contributed by atoms with E-state index in [9.17, 15) is 5.11 Å². The Morgan fingerprint density at radius 2 is 2.08 bits per heavy atom. The maximum Gasteiger partial charge on any atom is 0.213 e. The number of hydrogen-bond donors (Lipinski definition) is 2. The molecule has 0 saturated carbocycles. The third-order valence-corrected chi connectivity index (χ3v) is 6.50. The van der Waals surface area contributed by atoms with Gasteiger partial charge in [0.25, 0.3) is 0 Å². The lowest BCUT2D eigenvalue weighted by molar-refractivity contribution is 0.0322. The number of aryl methyl sites for hydroxylation is 1. The summed E-state index contributed by atoms with van der Waals surface area (Å²) in [6.07, 6.45) is 5.01. The molecule has 5 rings (SSSR count). The van der Waals surface area contributed by atoms with Gasteiger partial charge in [0.2, 0.25) is 5.88 Å². The van der Waals surface area contributed by atoms with Crippen molar-refractivity contribution in [2.24, 2.45) is 4.99 Å². The van der Waals surface area contributed by atoms with E-state index in [1.165, 1.54) is 0 Å². The van der Waals surface area contributed by atoms with Gasteiger partial charge < -0.3 is 29.1 Å². The molecule has 39 heavy (non-hydrogen) atoms. The second kappa shape index (κ2) is 11.8. The van der Waals surface area contributed by atoms with Gasteiger partial charge in [0.1, 0.15) is 23.7 Å². The van der Waals surface area contributed by atoms with Crippen molar-refractivity contribution in [1.82, 2.24) is 9.88 Å². The number of anilines is 2. The number of allylic oxidation sites excluding steroid dienone is 1. The molecule has 2 aliphatic rings. The van der Waals surface area contributed by atoms with Crippen molar-refractivity contribution in [2.45, 2.75) is 26.9 Å². The van der Waals surface area contributed by atoms with E-state index in [2.05, 4.69) is 26.8 Å². The van der Waals surface area contributed by atoms with E-state index >= 15 is 0 Å². The quantitative estimate of drug-likeness (QED) is 0.318. The molecule has 3 aromatic rings. The third kappa shape index (κ3) is 6.16. The number of morpholine rings is 1. The molecule has 0 aliphatic carbocycles. The van der Waals surface area contributed by atoms with Gasteiger partial charge in [-0.25, -0.2) is 9.98 Å². The second-order valence-electron chi connectivity index (χ2n) is 9.75. The van der Waals surface area contributed by atoms with Crippen LogP contribution in [0.3, 0.4) is 0 Å². The van der Waals surface area contributed by atoms with Crippen LogP contribution in [-0.4, -0.2) is 66.8 Å². The first-order valence-corrected chi connectivity index (χ1v) is 13.1. The van der Waals surface area contributed by atoms with E-state index in [4.69, 9.17) is 18.6 Å². The van der Waals surface area contributed by atoms with Crippen LogP contribution in [0.15, 0.2) is 52.5 Å².